The third-order valence-electron chi connectivity index (χ3n) is 6.69. The summed E-state index contributed by atoms with van der Waals surface area (Å²) in [4.78, 5) is 24.1. The lowest BCUT2D eigenvalue weighted by atomic mass is 9.66. The summed E-state index contributed by atoms with van der Waals surface area (Å²) in [7, 11) is 0. The maximum Gasteiger partial charge on any atom is 0.308 e. The summed E-state index contributed by atoms with van der Waals surface area (Å²) < 4.78 is 11.4. The SMILES string of the molecule is CC[C@H](C)C(=O)OC1CCC=C2C=C[C@H](C)[C@H](CC[C@@H]3C[C@@H](O)CC(=O)O3)[C@H]21. The number of ether oxygens (including phenoxy) is 2. The summed E-state index contributed by atoms with van der Waals surface area (Å²) in [6.07, 6.45) is 10.6. The van der Waals surface area contributed by atoms with Gasteiger partial charge in [-0.05, 0) is 49.5 Å². The van der Waals surface area contributed by atoms with E-state index in [1.54, 1.807) is 0 Å². The van der Waals surface area contributed by atoms with Crippen LogP contribution in [0.25, 0.3) is 0 Å². The van der Waals surface area contributed by atoms with E-state index in [4.69, 9.17) is 9.47 Å². The number of hydrogen-bond acceptors (Lipinski definition) is 5. The molecule has 0 spiro atoms. The summed E-state index contributed by atoms with van der Waals surface area (Å²) in [5.74, 6) is 0.426. The van der Waals surface area contributed by atoms with Crippen molar-refractivity contribution in [3.05, 3.63) is 23.8 Å². The van der Waals surface area contributed by atoms with Crippen LogP contribution < -0.4 is 0 Å². The van der Waals surface area contributed by atoms with Crippen LogP contribution in [0.15, 0.2) is 23.8 Å². The van der Waals surface area contributed by atoms with Crippen LogP contribution in [0.5, 0.6) is 0 Å². The Hall–Kier alpha value is -1.62. The lowest BCUT2D eigenvalue weighted by molar-refractivity contribution is -0.162. The molecule has 0 bridgehead atoms. The number of allylic oxidation sites excluding steroid dienone is 3. The van der Waals surface area contributed by atoms with E-state index in [0.717, 1.165) is 32.1 Å². The smallest absolute Gasteiger partial charge is 0.308 e. The third kappa shape index (κ3) is 4.86. The maximum absolute atomic E-state index is 12.4. The van der Waals surface area contributed by atoms with Crippen LogP contribution >= 0.6 is 0 Å². The minimum atomic E-state index is -0.593. The van der Waals surface area contributed by atoms with Crippen molar-refractivity contribution in [1.82, 2.24) is 0 Å². The first-order valence-electron chi connectivity index (χ1n) is 10.8. The largest absolute Gasteiger partial charge is 0.462 e. The monoisotopic (exact) mass is 390 g/mol. The van der Waals surface area contributed by atoms with Gasteiger partial charge < -0.3 is 14.6 Å². The summed E-state index contributed by atoms with van der Waals surface area (Å²) >= 11 is 0. The molecule has 5 nitrogen and oxygen atoms in total. The standard InChI is InChI=1S/C23H34O5/c1-4-14(2)23(26)28-20-7-5-6-16-9-8-15(3)19(22(16)20)11-10-18-12-17(24)13-21(25)27-18/h6,8-9,14-15,17-20,22,24H,4-5,7,10-13H2,1-3H3/t14-,15-,17+,18+,19-,20?,22-/m0/s1. The third-order valence-corrected chi connectivity index (χ3v) is 6.69. The van der Waals surface area contributed by atoms with Crippen molar-refractivity contribution in [1.29, 1.82) is 0 Å². The van der Waals surface area contributed by atoms with E-state index in [9.17, 15) is 14.7 Å². The van der Waals surface area contributed by atoms with E-state index in [-0.39, 0.29) is 42.4 Å². The number of aliphatic hydroxyl groups is 1. The van der Waals surface area contributed by atoms with E-state index in [1.165, 1.54) is 5.57 Å². The van der Waals surface area contributed by atoms with E-state index >= 15 is 0 Å². The molecule has 0 aromatic rings. The second kappa shape index (κ2) is 9.25. The predicted molar refractivity (Wildman–Crippen MR) is 106 cm³/mol. The predicted octanol–water partition coefficient (Wildman–Crippen LogP) is 3.95. The molecule has 1 aliphatic heterocycles. The molecule has 1 saturated heterocycles. The molecule has 0 aromatic heterocycles. The molecule has 1 heterocycles. The first-order chi connectivity index (χ1) is 13.4. The highest BCUT2D eigenvalue weighted by molar-refractivity contribution is 5.72. The Morgan fingerprint density at radius 1 is 1.39 bits per heavy atom. The maximum atomic E-state index is 12.4. The number of hydrogen-bond donors (Lipinski definition) is 1. The highest BCUT2D eigenvalue weighted by atomic mass is 16.5. The highest BCUT2D eigenvalue weighted by Gasteiger charge is 2.40. The van der Waals surface area contributed by atoms with Gasteiger partial charge in [0.1, 0.15) is 12.2 Å². The molecular weight excluding hydrogens is 356 g/mol. The molecule has 1 fully saturated rings. The number of cyclic esters (lactones) is 1. The van der Waals surface area contributed by atoms with Crippen LogP contribution in [-0.2, 0) is 19.1 Å². The number of rotatable bonds is 6. The van der Waals surface area contributed by atoms with Crippen LogP contribution in [0.3, 0.4) is 0 Å². The molecule has 2 aliphatic carbocycles. The van der Waals surface area contributed by atoms with Crippen molar-refractivity contribution in [2.24, 2.45) is 23.7 Å². The lowest BCUT2D eigenvalue weighted by Crippen LogP contribution is -2.40. The van der Waals surface area contributed by atoms with Gasteiger partial charge in [0.05, 0.1) is 18.4 Å². The fraction of sp³-hybridized carbons (Fsp3) is 0.739. The van der Waals surface area contributed by atoms with Gasteiger partial charge in [0.2, 0.25) is 0 Å². The highest BCUT2D eigenvalue weighted by Crippen LogP contribution is 2.44. The summed E-state index contributed by atoms with van der Waals surface area (Å²) in [6.45, 7) is 6.14. The minimum Gasteiger partial charge on any atom is -0.462 e. The van der Waals surface area contributed by atoms with Crippen molar-refractivity contribution in [2.75, 3.05) is 0 Å². The van der Waals surface area contributed by atoms with E-state index in [1.807, 2.05) is 13.8 Å². The Balaban J connectivity index is 1.70. The molecule has 0 amide bonds. The molecule has 7 atom stereocenters. The topological polar surface area (TPSA) is 72.8 Å². The average molecular weight is 391 g/mol. The van der Waals surface area contributed by atoms with Gasteiger partial charge in [-0.2, -0.15) is 0 Å². The number of carbonyl (C=O) groups excluding carboxylic acids is 2. The molecule has 1 unspecified atom stereocenters. The molecule has 0 aromatic carbocycles. The molecule has 3 aliphatic rings. The summed E-state index contributed by atoms with van der Waals surface area (Å²) in [5.41, 5.74) is 1.27. The molecule has 156 valence electrons. The van der Waals surface area contributed by atoms with Crippen molar-refractivity contribution in [3.63, 3.8) is 0 Å². The quantitative estimate of drug-likeness (QED) is 0.695. The van der Waals surface area contributed by atoms with Crippen molar-refractivity contribution < 1.29 is 24.2 Å². The second-order valence-electron chi connectivity index (χ2n) is 8.76. The van der Waals surface area contributed by atoms with Crippen LogP contribution in [0.2, 0.25) is 0 Å². The zero-order chi connectivity index (χ0) is 20.3. The molecule has 3 rings (SSSR count). The minimum absolute atomic E-state index is 0.0764. The average Bonchev–Trinajstić information content (AvgIpc) is 2.66. The Morgan fingerprint density at radius 2 is 2.18 bits per heavy atom. The van der Waals surface area contributed by atoms with E-state index in [2.05, 4.69) is 25.2 Å². The number of aliphatic hydroxyl groups excluding tert-OH is 1. The lowest BCUT2D eigenvalue weighted by Gasteiger charge is -2.42. The van der Waals surface area contributed by atoms with Crippen molar-refractivity contribution in [3.8, 4) is 0 Å². The van der Waals surface area contributed by atoms with Gasteiger partial charge in [-0.15, -0.1) is 0 Å². The van der Waals surface area contributed by atoms with Gasteiger partial charge in [0.15, 0.2) is 0 Å². The number of esters is 2. The van der Waals surface area contributed by atoms with Crippen LogP contribution in [0.1, 0.15) is 65.7 Å². The van der Waals surface area contributed by atoms with Gasteiger partial charge in [-0.3, -0.25) is 9.59 Å². The van der Waals surface area contributed by atoms with Crippen molar-refractivity contribution >= 4 is 11.9 Å². The Labute approximate surface area is 168 Å². The number of fused-ring (bicyclic) bond motifs is 1. The molecule has 1 N–H and O–H groups in total. The molecule has 0 radical (unpaired) electrons. The molecular formula is C23H34O5. The Bertz CT molecular complexity index is 637. The van der Waals surface area contributed by atoms with Crippen molar-refractivity contribution in [2.45, 2.75) is 84.0 Å². The zero-order valence-corrected chi connectivity index (χ0v) is 17.3. The Morgan fingerprint density at radius 3 is 2.89 bits per heavy atom. The zero-order valence-electron chi connectivity index (χ0n) is 17.3. The first-order valence-corrected chi connectivity index (χ1v) is 10.8. The van der Waals surface area contributed by atoms with Crippen LogP contribution in [0, 0.1) is 23.7 Å². The van der Waals surface area contributed by atoms with Gasteiger partial charge >= 0.3 is 11.9 Å². The summed E-state index contributed by atoms with van der Waals surface area (Å²) in [5, 5.41) is 9.86. The van der Waals surface area contributed by atoms with E-state index < -0.39 is 6.10 Å². The molecule has 5 heteroatoms. The fourth-order valence-electron chi connectivity index (χ4n) is 4.80. The molecule has 0 saturated carbocycles. The van der Waals surface area contributed by atoms with Crippen LogP contribution in [0.4, 0.5) is 0 Å². The number of carbonyl (C=O) groups is 2. The second-order valence-corrected chi connectivity index (χ2v) is 8.76. The van der Waals surface area contributed by atoms with E-state index in [0.29, 0.717) is 18.3 Å². The molecule has 28 heavy (non-hydrogen) atoms. The Kier molecular flexibility index (Phi) is 6.97. The van der Waals surface area contributed by atoms with Gasteiger partial charge in [0, 0.05) is 12.3 Å². The fourth-order valence-corrected chi connectivity index (χ4v) is 4.80. The van der Waals surface area contributed by atoms with Gasteiger partial charge in [0.25, 0.3) is 0 Å². The van der Waals surface area contributed by atoms with Gasteiger partial charge in [-0.25, -0.2) is 0 Å². The normalized spacial score (nSPS) is 36.1. The van der Waals surface area contributed by atoms with Crippen LogP contribution in [-0.4, -0.2) is 35.4 Å². The first kappa shape index (κ1) is 21.1. The summed E-state index contributed by atoms with van der Waals surface area (Å²) in [6, 6.07) is 0. The van der Waals surface area contributed by atoms with Gasteiger partial charge in [-0.1, -0.05) is 39.0 Å².